The smallest absolute Gasteiger partial charge is 0.270 e. The van der Waals surface area contributed by atoms with Crippen LogP contribution in [0.25, 0.3) is 0 Å². The Morgan fingerprint density at radius 3 is 2.08 bits per heavy atom. The fourth-order valence-corrected chi connectivity index (χ4v) is 3.84. The van der Waals surface area contributed by atoms with Gasteiger partial charge < -0.3 is 9.47 Å². The van der Waals surface area contributed by atoms with E-state index in [1.807, 2.05) is 30.3 Å². The van der Waals surface area contributed by atoms with Crippen LogP contribution >= 0.6 is 0 Å². The van der Waals surface area contributed by atoms with Gasteiger partial charge in [0.05, 0.1) is 24.6 Å². The van der Waals surface area contributed by atoms with Crippen molar-refractivity contribution in [2.45, 2.75) is 46.6 Å². The van der Waals surface area contributed by atoms with E-state index < -0.39 is 15.7 Å². The summed E-state index contributed by atoms with van der Waals surface area (Å²) in [7, 11) is -3.62. The molecule has 0 spiro atoms. The van der Waals surface area contributed by atoms with Gasteiger partial charge in [-0.1, -0.05) is 39.0 Å². The van der Waals surface area contributed by atoms with Gasteiger partial charge in [-0.25, -0.2) is 0 Å². The quantitative estimate of drug-likeness (QED) is 0.354. The first-order valence-corrected chi connectivity index (χ1v) is 9.76. The van der Waals surface area contributed by atoms with E-state index >= 15 is 0 Å². The minimum absolute atomic E-state index is 0. The van der Waals surface area contributed by atoms with Crippen molar-refractivity contribution in [1.82, 2.24) is 0 Å². The molecule has 7 heteroatoms. The summed E-state index contributed by atoms with van der Waals surface area (Å²) in [5.41, 5.74) is -0.738. The molecular formula is C18H30NaO5S. The van der Waals surface area contributed by atoms with Gasteiger partial charge in [0.15, 0.2) is 0 Å². The van der Waals surface area contributed by atoms with Crippen molar-refractivity contribution >= 4 is 39.7 Å². The molecule has 0 unspecified atom stereocenters. The van der Waals surface area contributed by atoms with Crippen LogP contribution in [0.3, 0.4) is 0 Å². The summed E-state index contributed by atoms with van der Waals surface area (Å²) in [6, 6.07) is 9.40. The third-order valence-corrected chi connectivity index (χ3v) is 4.40. The van der Waals surface area contributed by atoms with Crippen LogP contribution in [-0.2, 0) is 19.0 Å². The largest absolute Gasteiger partial charge is 0.491 e. The molecule has 1 aromatic carbocycles. The van der Waals surface area contributed by atoms with E-state index in [1.165, 1.54) is 0 Å². The number of para-hydroxylation sites is 1. The van der Waals surface area contributed by atoms with Crippen LogP contribution in [0, 0.1) is 5.41 Å². The van der Waals surface area contributed by atoms with Crippen molar-refractivity contribution in [2.75, 3.05) is 25.6 Å². The van der Waals surface area contributed by atoms with Gasteiger partial charge in [0.1, 0.15) is 12.4 Å². The molecule has 0 amide bonds. The van der Waals surface area contributed by atoms with Crippen molar-refractivity contribution in [3.05, 3.63) is 30.3 Å². The van der Waals surface area contributed by atoms with E-state index in [1.54, 1.807) is 13.8 Å². The van der Waals surface area contributed by atoms with Gasteiger partial charge in [0.25, 0.3) is 10.1 Å². The maximum absolute atomic E-state index is 12.1. The van der Waals surface area contributed by atoms with E-state index in [0.29, 0.717) is 19.6 Å². The van der Waals surface area contributed by atoms with Crippen LogP contribution in [0.1, 0.15) is 41.0 Å². The average molecular weight is 381 g/mol. The third-order valence-electron chi connectivity index (χ3n) is 3.03. The zero-order valence-corrected chi connectivity index (χ0v) is 19.2. The van der Waals surface area contributed by atoms with Crippen LogP contribution in [0.5, 0.6) is 5.75 Å². The minimum Gasteiger partial charge on any atom is -0.491 e. The van der Waals surface area contributed by atoms with Crippen molar-refractivity contribution in [1.29, 1.82) is 0 Å². The molecule has 1 aromatic rings. The summed E-state index contributed by atoms with van der Waals surface area (Å²) >= 11 is 0. The predicted molar refractivity (Wildman–Crippen MR) is 102 cm³/mol. The molecule has 0 atom stereocenters. The van der Waals surface area contributed by atoms with Gasteiger partial charge in [-0.15, -0.1) is 0 Å². The second kappa shape index (κ2) is 10.9. The number of rotatable bonds is 10. The van der Waals surface area contributed by atoms with Gasteiger partial charge >= 0.3 is 0 Å². The molecule has 0 fully saturated rings. The molecule has 0 aliphatic carbocycles. The topological polar surface area (TPSA) is 61.8 Å². The zero-order chi connectivity index (χ0) is 18.3. The van der Waals surface area contributed by atoms with E-state index in [2.05, 4.69) is 20.8 Å². The summed E-state index contributed by atoms with van der Waals surface area (Å²) in [5.74, 6) is 0.604. The first-order valence-electron chi connectivity index (χ1n) is 8.18. The number of ether oxygens (including phenoxy) is 2. The summed E-state index contributed by atoms with van der Waals surface area (Å²) in [6.45, 7) is 10.6. The van der Waals surface area contributed by atoms with Crippen molar-refractivity contribution in [3.8, 4) is 5.75 Å². The van der Waals surface area contributed by atoms with E-state index in [9.17, 15) is 8.42 Å². The van der Waals surface area contributed by atoms with Crippen LogP contribution in [0.4, 0.5) is 0 Å². The van der Waals surface area contributed by atoms with Crippen LogP contribution in [0.2, 0.25) is 0 Å². The molecule has 1 rings (SSSR count). The zero-order valence-electron chi connectivity index (χ0n) is 16.4. The maximum Gasteiger partial charge on any atom is 0.270 e. The number of benzene rings is 1. The van der Waals surface area contributed by atoms with Gasteiger partial charge in [-0.05, 0) is 37.8 Å². The summed E-state index contributed by atoms with van der Waals surface area (Å²) in [5, 5.41) is 0. The Hall–Kier alpha value is -0.110. The molecule has 0 aliphatic rings. The Kier molecular flexibility index (Phi) is 10.9. The van der Waals surface area contributed by atoms with E-state index in [4.69, 9.17) is 13.7 Å². The normalized spacial score (nSPS) is 12.5. The van der Waals surface area contributed by atoms with Gasteiger partial charge in [-0.2, -0.15) is 8.42 Å². The predicted octanol–water partition coefficient (Wildman–Crippen LogP) is 3.26. The first-order chi connectivity index (χ1) is 11.0. The molecule has 5 nitrogen and oxygen atoms in total. The Labute approximate surface area is 174 Å². The molecule has 0 saturated heterocycles. The monoisotopic (exact) mass is 381 g/mol. The van der Waals surface area contributed by atoms with Crippen LogP contribution in [-0.4, -0.2) is 69.1 Å². The van der Waals surface area contributed by atoms with Crippen LogP contribution < -0.4 is 4.74 Å². The minimum atomic E-state index is -3.62. The Bertz CT molecular complexity index is 579. The third kappa shape index (κ3) is 12.8. The molecule has 0 aliphatic heterocycles. The molecule has 0 saturated carbocycles. The summed E-state index contributed by atoms with van der Waals surface area (Å²) < 4.78 is 40.2. The summed E-state index contributed by atoms with van der Waals surface area (Å²) in [4.78, 5) is 0. The number of hydrogen-bond acceptors (Lipinski definition) is 5. The molecule has 0 bridgehead atoms. The van der Waals surface area contributed by atoms with Gasteiger partial charge in [-0.3, -0.25) is 4.18 Å². The molecule has 0 N–H and O–H groups in total. The molecule has 139 valence electrons. The molecule has 0 heterocycles. The SMILES string of the molecule is CC(C)(C)CC(C)(C)OS(=O)(=O)CCOCCOc1ccccc1.[Na]. The van der Waals surface area contributed by atoms with Crippen LogP contribution in [0.15, 0.2) is 30.3 Å². The van der Waals surface area contributed by atoms with Crippen molar-refractivity contribution in [2.24, 2.45) is 5.41 Å². The van der Waals surface area contributed by atoms with Gasteiger partial charge in [0, 0.05) is 29.6 Å². The average Bonchev–Trinajstić information content (AvgIpc) is 2.39. The summed E-state index contributed by atoms with van der Waals surface area (Å²) in [6.07, 6.45) is 0.644. The molecule has 25 heavy (non-hydrogen) atoms. The molecule has 1 radical (unpaired) electrons. The van der Waals surface area contributed by atoms with Crippen molar-refractivity contribution in [3.63, 3.8) is 0 Å². The second-order valence-electron chi connectivity index (χ2n) is 7.62. The first kappa shape index (κ1) is 24.9. The molecular weight excluding hydrogens is 351 g/mol. The Morgan fingerprint density at radius 1 is 0.920 bits per heavy atom. The van der Waals surface area contributed by atoms with Crippen molar-refractivity contribution < 1.29 is 22.1 Å². The fraction of sp³-hybridized carbons (Fsp3) is 0.667. The Balaban J connectivity index is 0.00000576. The van der Waals surface area contributed by atoms with E-state index in [-0.39, 0.29) is 47.3 Å². The van der Waals surface area contributed by atoms with Gasteiger partial charge in [0.2, 0.25) is 0 Å². The maximum atomic E-state index is 12.1. The van der Waals surface area contributed by atoms with E-state index in [0.717, 1.165) is 5.75 Å². The fourth-order valence-electron chi connectivity index (χ4n) is 2.69. The second-order valence-corrected chi connectivity index (χ2v) is 9.31. The number of hydrogen-bond donors (Lipinski definition) is 0. The Morgan fingerprint density at radius 2 is 1.52 bits per heavy atom. The molecule has 0 aromatic heterocycles. The standard InChI is InChI=1S/C18H30O5S.Na/c1-17(2,3)15-18(4,5)23-24(19,20)14-13-21-11-12-22-16-9-7-6-8-10-16;/h6-10H,11-15H2,1-5H3;.